The minimum atomic E-state index is 0.644. The maximum Gasteiger partial charge on any atom is 0.235 e. The van der Waals surface area contributed by atoms with Crippen LogP contribution in [0.5, 0.6) is 0 Å². The van der Waals surface area contributed by atoms with Crippen molar-refractivity contribution in [2.24, 2.45) is 0 Å². The zero-order chi connectivity index (χ0) is 35.6. The Kier molecular flexibility index (Phi) is 6.82. The topological polar surface area (TPSA) is 35.6 Å². The number of aromatic nitrogens is 4. The minimum Gasteiger partial charge on any atom is -0.309 e. The molecule has 0 N–H and O–H groups in total. The molecule has 0 saturated carbocycles. The van der Waals surface area contributed by atoms with E-state index in [0.717, 1.165) is 44.8 Å². The molecule has 0 spiro atoms. The van der Waals surface area contributed by atoms with Gasteiger partial charge < -0.3 is 4.57 Å². The highest BCUT2D eigenvalue weighted by Gasteiger charge is 2.22. The van der Waals surface area contributed by atoms with E-state index < -0.39 is 0 Å². The summed E-state index contributed by atoms with van der Waals surface area (Å²) >= 11 is 0. The molecule has 3 heterocycles. The van der Waals surface area contributed by atoms with Gasteiger partial charge in [0, 0.05) is 38.4 Å². The first-order valence-electron chi connectivity index (χ1n) is 18.3. The lowest BCUT2D eigenvalue weighted by molar-refractivity contribution is 0.996. The van der Waals surface area contributed by atoms with Crippen LogP contribution in [0.25, 0.3) is 99.7 Å². The maximum atomic E-state index is 5.35. The van der Waals surface area contributed by atoms with Crippen LogP contribution < -0.4 is 0 Å². The molecule has 4 heteroatoms. The highest BCUT2D eigenvalue weighted by atomic mass is 15.2. The monoisotopic (exact) mass is 688 g/mol. The van der Waals surface area contributed by atoms with Gasteiger partial charge in [-0.25, -0.2) is 9.97 Å². The summed E-state index contributed by atoms with van der Waals surface area (Å²) in [6, 6.07) is 69.0. The van der Waals surface area contributed by atoms with Crippen molar-refractivity contribution in [2.75, 3.05) is 0 Å². The van der Waals surface area contributed by atoms with Crippen LogP contribution in [-0.2, 0) is 0 Å². The zero-order valence-electron chi connectivity index (χ0n) is 29.3. The Morgan fingerprint density at radius 1 is 0.315 bits per heavy atom. The number of fused-ring (bicyclic) bond motifs is 8. The molecule has 54 heavy (non-hydrogen) atoms. The lowest BCUT2D eigenvalue weighted by Crippen LogP contribution is -2.04. The summed E-state index contributed by atoms with van der Waals surface area (Å²) in [6.07, 6.45) is 0. The summed E-state index contributed by atoms with van der Waals surface area (Å²) in [6.45, 7) is 0. The van der Waals surface area contributed by atoms with Gasteiger partial charge in [0.2, 0.25) is 5.95 Å². The molecule has 0 radical (unpaired) electrons. The van der Waals surface area contributed by atoms with Gasteiger partial charge in [-0.3, -0.25) is 4.57 Å². The number of hydrogen-bond acceptors (Lipinski definition) is 2. The Labute approximate surface area is 311 Å². The van der Waals surface area contributed by atoms with Gasteiger partial charge >= 0.3 is 0 Å². The van der Waals surface area contributed by atoms with Crippen LogP contribution in [0, 0.1) is 0 Å². The average molecular weight is 689 g/mol. The molecule has 0 aliphatic carbocycles. The van der Waals surface area contributed by atoms with Gasteiger partial charge in [-0.2, -0.15) is 0 Å². The Hall–Kier alpha value is -7.30. The number of para-hydroxylation sites is 2. The summed E-state index contributed by atoms with van der Waals surface area (Å²) < 4.78 is 4.65. The molecular formula is C50H32N4. The van der Waals surface area contributed by atoms with Gasteiger partial charge in [0.25, 0.3) is 0 Å². The molecule has 8 aromatic carbocycles. The van der Waals surface area contributed by atoms with Gasteiger partial charge in [-0.15, -0.1) is 0 Å². The SMILES string of the molecule is c1ccc(-c2ccc(-n3c4ccccc4c4c5c6ccccc6n(-c6nc(-c7ccccc7)cc(-c7ccc8ccccc8c7)n6)c5ccc43)cc2)cc1. The summed E-state index contributed by atoms with van der Waals surface area (Å²) in [5, 5.41) is 7.18. The maximum absolute atomic E-state index is 5.35. The lowest BCUT2D eigenvalue weighted by Gasteiger charge is -2.12. The molecule has 0 aliphatic heterocycles. The third-order valence-electron chi connectivity index (χ3n) is 10.7. The van der Waals surface area contributed by atoms with Crippen LogP contribution in [0.3, 0.4) is 0 Å². The second-order valence-electron chi connectivity index (χ2n) is 13.8. The Morgan fingerprint density at radius 3 is 1.50 bits per heavy atom. The first kappa shape index (κ1) is 30.3. The van der Waals surface area contributed by atoms with Crippen LogP contribution in [0.1, 0.15) is 0 Å². The molecule has 11 aromatic rings. The Morgan fingerprint density at radius 2 is 0.815 bits per heavy atom. The smallest absolute Gasteiger partial charge is 0.235 e. The number of rotatable bonds is 5. The van der Waals surface area contributed by atoms with Crippen molar-refractivity contribution in [3.05, 3.63) is 194 Å². The van der Waals surface area contributed by atoms with E-state index in [0.29, 0.717) is 5.95 Å². The molecule has 0 unspecified atom stereocenters. The van der Waals surface area contributed by atoms with Crippen molar-refractivity contribution in [2.45, 2.75) is 0 Å². The van der Waals surface area contributed by atoms with Gasteiger partial charge in [-0.05, 0) is 70.4 Å². The summed E-state index contributed by atoms with van der Waals surface area (Å²) in [5.41, 5.74) is 11.9. The largest absolute Gasteiger partial charge is 0.309 e. The third kappa shape index (κ3) is 4.78. The van der Waals surface area contributed by atoms with Crippen molar-refractivity contribution in [3.63, 3.8) is 0 Å². The third-order valence-corrected chi connectivity index (χ3v) is 10.7. The van der Waals surface area contributed by atoms with E-state index in [9.17, 15) is 0 Å². The second kappa shape index (κ2) is 12.1. The first-order chi connectivity index (χ1) is 26.8. The fraction of sp³-hybridized carbons (Fsp3) is 0. The average Bonchev–Trinajstić information content (AvgIpc) is 3.77. The normalized spacial score (nSPS) is 11.7. The molecule has 4 nitrogen and oxygen atoms in total. The molecular weight excluding hydrogens is 657 g/mol. The van der Waals surface area contributed by atoms with E-state index in [2.05, 4.69) is 197 Å². The molecule has 0 atom stereocenters. The zero-order valence-corrected chi connectivity index (χ0v) is 29.3. The van der Waals surface area contributed by atoms with Crippen molar-refractivity contribution >= 4 is 54.4 Å². The Bertz CT molecular complexity index is 3190. The van der Waals surface area contributed by atoms with E-state index in [-0.39, 0.29) is 0 Å². The van der Waals surface area contributed by atoms with E-state index in [4.69, 9.17) is 9.97 Å². The summed E-state index contributed by atoms with van der Waals surface area (Å²) in [5.74, 6) is 0.644. The fourth-order valence-electron chi connectivity index (χ4n) is 8.23. The molecule has 0 aliphatic rings. The predicted molar refractivity (Wildman–Crippen MR) is 225 cm³/mol. The first-order valence-corrected chi connectivity index (χ1v) is 18.3. The standard InChI is InChI=1S/C50H32N4/c1-3-13-33(14-4-1)35-25-27-39(28-26-35)53-44-21-11-9-19-40(44)48-46(53)29-30-47-49(48)41-20-10-12-22-45(41)54(47)50-51-42(36-16-5-2-6-17-36)32-43(52-50)38-24-23-34-15-7-8-18-37(34)31-38/h1-32H. The summed E-state index contributed by atoms with van der Waals surface area (Å²) in [4.78, 5) is 10.7. The van der Waals surface area contributed by atoms with E-state index >= 15 is 0 Å². The molecule has 11 rings (SSSR count). The molecule has 0 saturated heterocycles. The molecule has 0 amide bonds. The number of nitrogens with zero attached hydrogens (tertiary/aromatic N) is 4. The number of benzene rings is 8. The number of hydrogen-bond donors (Lipinski definition) is 0. The van der Waals surface area contributed by atoms with Gasteiger partial charge in [0.05, 0.1) is 33.5 Å². The quantitative estimate of drug-likeness (QED) is 0.180. The van der Waals surface area contributed by atoms with Crippen LogP contribution in [0.15, 0.2) is 194 Å². The molecule has 3 aromatic heterocycles. The van der Waals surface area contributed by atoms with Crippen LogP contribution >= 0.6 is 0 Å². The van der Waals surface area contributed by atoms with E-state index in [1.54, 1.807) is 0 Å². The van der Waals surface area contributed by atoms with Crippen LogP contribution in [0.2, 0.25) is 0 Å². The van der Waals surface area contributed by atoms with Crippen molar-refractivity contribution in [1.29, 1.82) is 0 Å². The summed E-state index contributed by atoms with van der Waals surface area (Å²) in [7, 11) is 0. The predicted octanol–water partition coefficient (Wildman–Crippen LogP) is 12.8. The van der Waals surface area contributed by atoms with Crippen molar-refractivity contribution in [3.8, 4) is 45.3 Å². The van der Waals surface area contributed by atoms with Gasteiger partial charge in [-0.1, -0.05) is 146 Å². The highest BCUT2D eigenvalue weighted by molar-refractivity contribution is 6.28. The van der Waals surface area contributed by atoms with Crippen molar-refractivity contribution < 1.29 is 0 Å². The molecule has 0 fully saturated rings. The van der Waals surface area contributed by atoms with Gasteiger partial charge in [0.15, 0.2) is 0 Å². The Balaban J connectivity index is 1.18. The fourth-order valence-corrected chi connectivity index (χ4v) is 8.23. The van der Waals surface area contributed by atoms with Crippen molar-refractivity contribution in [1.82, 2.24) is 19.1 Å². The van der Waals surface area contributed by atoms with Crippen LogP contribution in [0.4, 0.5) is 0 Å². The van der Waals surface area contributed by atoms with E-state index in [1.807, 2.05) is 6.07 Å². The highest BCUT2D eigenvalue weighted by Crippen LogP contribution is 2.42. The second-order valence-corrected chi connectivity index (χ2v) is 13.8. The lowest BCUT2D eigenvalue weighted by atomic mass is 10.0. The molecule has 0 bridgehead atoms. The minimum absolute atomic E-state index is 0.644. The molecule has 252 valence electrons. The van der Waals surface area contributed by atoms with E-state index in [1.165, 1.54) is 49.0 Å². The van der Waals surface area contributed by atoms with Gasteiger partial charge in [0.1, 0.15) is 0 Å². The van der Waals surface area contributed by atoms with Crippen LogP contribution in [-0.4, -0.2) is 19.1 Å².